The van der Waals surface area contributed by atoms with Crippen molar-refractivity contribution in [2.24, 2.45) is 11.3 Å². The van der Waals surface area contributed by atoms with Crippen LogP contribution in [0.3, 0.4) is 0 Å². The number of Topliss-reactive ketones (excluding diaryl/α,β-unsaturated/α-hetero) is 1. The number of carbonyl (C=O) groups is 1. The van der Waals surface area contributed by atoms with Crippen LogP contribution in [0.4, 0.5) is 4.39 Å². The first-order valence-electron chi connectivity index (χ1n) is 5.53. The fourth-order valence-electron chi connectivity index (χ4n) is 1.58. The largest absolute Gasteiger partial charge is 0.298 e. The maximum absolute atomic E-state index is 12.7. The molecule has 0 bridgehead atoms. The van der Waals surface area contributed by atoms with Crippen LogP contribution >= 0.6 is 0 Å². The second-order valence-corrected chi connectivity index (χ2v) is 5.13. The summed E-state index contributed by atoms with van der Waals surface area (Å²) in [5, 5.41) is 9.03. The molecule has 0 fully saturated rings. The summed E-state index contributed by atoms with van der Waals surface area (Å²) < 4.78 is 12.7. The topological polar surface area (TPSA) is 40.9 Å². The summed E-state index contributed by atoms with van der Waals surface area (Å²) in [4.78, 5) is 12.0. The van der Waals surface area contributed by atoms with Gasteiger partial charge in [-0.25, -0.2) is 4.39 Å². The van der Waals surface area contributed by atoms with Gasteiger partial charge in [0.25, 0.3) is 0 Å². The van der Waals surface area contributed by atoms with E-state index in [4.69, 9.17) is 5.26 Å². The van der Waals surface area contributed by atoms with Crippen LogP contribution in [0.15, 0.2) is 24.3 Å². The van der Waals surface area contributed by atoms with Crippen LogP contribution < -0.4 is 0 Å². The van der Waals surface area contributed by atoms with Crippen LogP contribution in [0.25, 0.3) is 0 Å². The Morgan fingerprint density at radius 3 is 2.29 bits per heavy atom. The van der Waals surface area contributed by atoms with Gasteiger partial charge in [0.2, 0.25) is 0 Å². The minimum Gasteiger partial charge on any atom is -0.298 e. The molecule has 0 aromatic heterocycles. The van der Waals surface area contributed by atoms with Crippen molar-refractivity contribution in [3.8, 4) is 6.07 Å². The Hall–Kier alpha value is -1.69. The van der Waals surface area contributed by atoms with Gasteiger partial charge in [-0.3, -0.25) is 4.79 Å². The highest BCUT2D eigenvalue weighted by Gasteiger charge is 2.29. The van der Waals surface area contributed by atoms with E-state index in [2.05, 4.69) is 0 Å². The maximum atomic E-state index is 12.7. The summed E-state index contributed by atoms with van der Waals surface area (Å²) in [7, 11) is 0. The van der Waals surface area contributed by atoms with Gasteiger partial charge in [-0.2, -0.15) is 5.26 Å². The quantitative estimate of drug-likeness (QED) is 0.804. The molecular weight excluding hydrogens is 217 g/mol. The number of carbonyl (C=O) groups excluding carboxylic acids is 1. The molecular formula is C14H16FNO. The van der Waals surface area contributed by atoms with Gasteiger partial charge in [0.1, 0.15) is 11.7 Å². The lowest BCUT2D eigenvalue weighted by atomic mass is 9.81. The molecule has 1 aromatic rings. The van der Waals surface area contributed by atoms with E-state index in [1.807, 2.05) is 6.07 Å². The average molecular weight is 233 g/mol. The van der Waals surface area contributed by atoms with Gasteiger partial charge in [-0.1, -0.05) is 32.9 Å². The summed E-state index contributed by atoms with van der Waals surface area (Å²) in [5.41, 5.74) is 0.274. The number of benzene rings is 1. The monoisotopic (exact) mass is 233 g/mol. The van der Waals surface area contributed by atoms with Crippen molar-refractivity contribution in [2.75, 3.05) is 0 Å². The molecule has 0 aliphatic rings. The number of rotatable bonds is 3. The number of nitriles is 1. The molecule has 2 nitrogen and oxygen atoms in total. The molecule has 90 valence electrons. The highest BCUT2D eigenvalue weighted by molar-refractivity contribution is 5.88. The van der Waals surface area contributed by atoms with Gasteiger partial charge in [0.15, 0.2) is 5.78 Å². The molecule has 1 unspecified atom stereocenters. The smallest absolute Gasteiger partial charge is 0.155 e. The number of ketones is 1. The van der Waals surface area contributed by atoms with Crippen molar-refractivity contribution in [2.45, 2.75) is 27.2 Å². The summed E-state index contributed by atoms with van der Waals surface area (Å²) in [6.45, 7) is 5.39. The Balaban J connectivity index is 2.82. The molecule has 0 saturated heterocycles. The van der Waals surface area contributed by atoms with Crippen LogP contribution in [0, 0.1) is 28.5 Å². The number of hydrogen-bond donors (Lipinski definition) is 0. The van der Waals surface area contributed by atoms with Crippen molar-refractivity contribution >= 4 is 5.78 Å². The van der Waals surface area contributed by atoms with E-state index >= 15 is 0 Å². The summed E-state index contributed by atoms with van der Waals surface area (Å²) in [6, 6.07) is 7.92. The third-order valence-corrected chi connectivity index (χ3v) is 2.56. The van der Waals surface area contributed by atoms with Gasteiger partial charge in [-0.15, -0.1) is 0 Å². The van der Waals surface area contributed by atoms with Crippen molar-refractivity contribution < 1.29 is 9.18 Å². The Labute approximate surface area is 101 Å². The molecule has 0 N–H and O–H groups in total. The van der Waals surface area contributed by atoms with Gasteiger partial charge >= 0.3 is 0 Å². The number of nitrogens with zero attached hydrogens (tertiary/aromatic N) is 1. The van der Waals surface area contributed by atoms with Gasteiger partial charge < -0.3 is 0 Å². The molecule has 1 rings (SSSR count). The molecule has 3 heteroatoms. The predicted octanol–water partition coefficient (Wildman–Crippen LogP) is 3.12. The lowest BCUT2D eigenvalue weighted by Gasteiger charge is -2.20. The van der Waals surface area contributed by atoms with E-state index in [1.54, 1.807) is 32.9 Å². The van der Waals surface area contributed by atoms with E-state index in [9.17, 15) is 9.18 Å². The van der Waals surface area contributed by atoms with Crippen LogP contribution in [0.1, 0.15) is 26.3 Å². The minimum absolute atomic E-state index is 0.0793. The second-order valence-electron chi connectivity index (χ2n) is 5.13. The third kappa shape index (κ3) is 3.67. The molecule has 0 aliphatic heterocycles. The molecule has 17 heavy (non-hydrogen) atoms. The predicted molar refractivity (Wildman–Crippen MR) is 63.7 cm³/mol. The van der Waals surface area contributed by atoms with Crippen molar-refractivity contribution in [1.29, 1.82) is 5.26 Å². The van der Waals surface area contributed by atoms with Crippen molar-refractivity contribution in [3.63, 3.8) is 0 Å². The first kappa shape index (κ1) is 13.4. The van der Waals surface area contributed by atoms with Crippen LogP contribution in [-0.4, -0.2) is 5.78 Å². The summed E-state index contributed by atoms with van der Waals surface area (Å²) in [6.07, 6.45) is 0.340. The fourth-order valence-corrected chi connectivity index (χ4v) is 1.58. The van der Waals surface area contributed by atoms with E-state index < -0.39 is 11.3 Å². The van der Waals surface area contributed by atoms with Crippen LogP contribution in [0.5, 0.6) is 0 Å². The SMILES string of the molecule is CC(C)(C)C(=O)C(C#N)Cc1ccc(F)cc1. The van der Waals surface area contributed by atoms with E-state index in [-0.39, 0.29) is 11.6 Å². The summed E-state index contributed by atoms with van der Waals surface area (Å²) >= 11 is 0. The number of halogens is 1. The normalized spacial score (nSPS) is 12.9. The van der Waals surface area contributed by atoms with E-state index in [0.29, 0.717) is 6.42 Å². The zero-order valence-electron chi connectivity index (χ0n) is 10.3. The number of hydrogen-bond acceptors (Lipinski definition) is 2. The first-order valence-corrected chi connectivity index (χ1v) is 5.53. The highest BCUT2D eigenvalue weighted by atomic mass is 19.1. The Morgan fingerprint density at radius 1 is 1.35 bits per heavy atom. The zero-order chi connectivity index (χ0) is 13.1. The van der Waals surface area contributed by atoms with Gasteiger partial charge in [-0.05, 0) is 24.1 Å². The molecule has 1 atom stereocenters. The second kappa shape index (κ2) is 5.09. The molecule has 0 saturated carbocycles. The average Bonchev–Trinajstić information content (AvgIpc) is 2.26. The molecule has 0 spiro atoms. The highest BCUT2D eigenvalue weighted by Crippen LogP contribution is 2.22. The standard InChI is InChI=1S/C14H16FNO/c1-14(2,3)13(17)11(9-16)8-10-4-6-12(15)7-5-10/h4-7,11H,8H2,1-3H3. The van der Waals surface area contributed by atoms with E-state index in [0.717, 1.165) is 5.56 Å². The van der Waals surface area contributed by atoms with E-state index in [1.165, 1.54) is 12.1 Å². The molecule has 0 aliphatic carbocycles. The Morgan fingerprint density at radius 2 is 1.88 bits per heavy atom. The lowest BCUT2D eigenvalue weighted by molar-refractivity contribution is -0.128. The molecule has 0 amide bonds. The van der Waals surface area contributed by atoms with Crippen molar-refractivity contribution in [1.82, 2.24) is 0 Å². The summed E-state index contributed by atoms with van der Waals surface area (Å²) in [5.74, 6) is -1.06. The fraction of sp³-hybridized carbons (Fsp3) is 0.429. The molecule has 0 heterocycles. The van der Waals surface area contributed by atoms with Crippen molar-refractivity contribution in [3.05, 3.63) is 35.6 Å². The Kier molecular flexibility index (Phi) is 4.01. The Bertz CT molecular complexity index is 437. The van der Waals surface area contributed by atoms with Gasteiger partial charge in [0.05, 0.1) is 6.07 Å². The van der Waals surface area contributed by atoms with Gasteiger partial charge in [0, 0.05) is 5.41 Å². The lowest BCUT2D eigenvalue weighted by Crippen LogP contribution is -2.28. The first-order chi connectivity index (χ1) is 7.84. The van der Waals surface area contributed by atoms with Crippen LogP contribution in [-0.2, 0) is 11.2 Å². The maximum Gasteiger partial charge on any atom is 0.155 e. The molecule has 1 aromatic carbocycles. The zero-order valence-corrected chi connectivity index (χ0v) is 10.3. The minimum atomic E-state index is -0.666. The molecule has 0 radical (unpaired) electrons. The third-order valence-electron chi connectivity index (χ3n) is 2.56. The van der Waals surface area contributed by atoms with Crippen LogP contribution in [0.2, 0.25) is 0 Å².